The molecule has 0 aromatic heterocycles. The lowest BCUT2D eigenvalue weighted by Crippen LogP contribution is -2.33. The highest BCUT2D eigenvalue weighted by molar-refractivity contribution is 5.26. The van der Waals surface area contributed by atoms with Gasteiger partial charge >= 0.3 is 0 Å². The van der Waals surface area contributed by atoms with Crippen molar-refractivity contribution >= 4 is 0 Å². The van der Waals surface area contributed by atoms with Crippen molar-refractivity contribution in [2.24, 2.45) is 17.3 Å². The van der Waals surface area contributed by atoms with Crippen molar-refractivity contribution in [2.75, 3.05) is 0 Å². The zero-order valence-corrected chi connectivity index (χ0v) is 18.0. The first-order valence-corrected chi connectivity index (χ1v) is 11.3. The summed E-state index contributed by atoms with van der Waals surface area (Å²) in [6.07, 6.45) is 18.3. The van der Waals surface area contributed by atoms with Crippen LogP contribution in [0.2, 0.25) is 0 Å². The third-order valence-corrected chi connectivity index (χ3v) is 7.44. The molecular weight excluding hydrogens is 348 g/mol. The Morgan fingerprint density at radius 3 is 2.46 bits per heavy atom. The second kappa shape index (κ2) is 8.85. The van der Waals surface area contributed by atoms with Crippen molar-refractivity contribution in [3.05, 3.63) is 35.5 Å². The van der Waals surface area contributed by atoms with E-state index in [4.69, 9.17) is 0 Å². The summed E-state index contributed by atoms with van der Waals surface area (Å²) in [5.74, 6) is 1.40. The summed E-state index contributed by atoms with van der Waals surface area (Å²) in [5.41, 5.74) is 2.54. The lowest BCUT2D eigenvalue weighted by molar-refractivity contribution is 0.0609. The number of hydrogen-bond acceptors (Lipinski definition) is 3. The fourth-order valence-corrected chi connectivity index (χ4v) is 5.90. The largest absolute Gasteiger partial charge is 0.393 e. The van der Waals surface area contributed by atoms with Gasteiger partial charge in [0.2, 0.25) is 0 Å². The van der Waals surface area contributed by atoms with E-state index >= 15 is 0 Å². The predicted molar refractivity (Wildman–Crippen MR) is 115 cm³/mol. The Labute approximate surface area is 171 Å². The zero-order chi connectivity index (χ0) is 20.4. The third kappa shape index (κ3) is 5.37. The van der Waals surface area contributed by atoms with Gasteiger partial charge in [-0.2, -0.15) is 0 Å². The van der Waals surface area contributed by atoms with E-state index in [1.807, 2.05) is 13.8 Å². The molecule has 3 nitrogen and oxygen atoms in total. The first-order chi connectivity index (χ1) is 13.2. The van der Waals surface area contributed by atoms with Crippen LogP contribution in [0.4, 0.5) is 0 Å². The molecule has 3 aliphatic carbocycles. The summed E-state index contributed by atoms with van der Waals surface area (Å²) in [4.78, 5) is 0. The number of hydrogen-bond donors (Lipinski definition) is 3. The van der Waals surface area contributed by atoms with Gasteiger partial charge in [-0.3, -0.25) is 0 Å². The molecule has 28 heavy (non-hydrogen) atoms. The van der Waals surface area contributed by atoms with Gasteiger partial charge in [-0.1, -0.05) is 42.4 Å². The smallest absolute Gasteiger partial charge is 0.0626 e. The van der Waals surface area contributed by atoms with Crippen LogP contribution in [0.3, 0.4) is 0 Å². The number of aliphatic hydroxyl groups excluding tert-OH is 2. The summed E-state index contributed by atoms with van der Waals surface area (Å²) >= 11 is 0. The lowest BCUT2D eigenvalue weighted by Gasteiger charge is -2.42. The van der Waals surface area contributed by atoms with Crippen LogP contribution in [0.15, 0.2) is 35.5 Å². The van der Waals surface area contributed by atoms with Crippen molar-refractivity contribution in [3.8, 4) is 0 Å². The Balaban J connectivity index is 1.66. The molecular formula is C25H40O3. The maximum Gasteiger partial charge on any atom is 0.0626 e. The lowest BCUT2D eigenvalue weighted by atomic mass is 9.63. The number of allylic oxidation sites excluding steroid dienone is 4. The summed E-state index contributed by atoms with van der Waals surface area (Å²) in [6, 6.07) is 0. The van der Waals surface area contributed by atoms with Crippen molar-refractivity contribution < 1.29 is 15.3 Å². The van der Waals surface area contributed by atoms with Gasteiger partial charge in [0.05, 0.1) is 17.8 Å². The summed E-state index contributed by atoms with van der Waals surface area (Å²) in [7, 11) is 0. The van der Waals surface area contributed by atoms with Crippen LogP contribution in [0, 0.1) is 17.3 Å². The Morgan fingerprint density at radius 1 is 1.07 bits per heavy atom. The molecule has 0 aliphatic heterocycles. The monoisotopic (exact) mass is 388 g/mol. The van der Waals surface area contributed by atoms with E-state index in [0.29, 0.717) is 30.6 Å². The van der Waals surface area contributed by atoms with Crippen molar-refractivity contribution in [1.29, 1.82) is 0 Å². The molecule has 3 saturated carbocycles. The summed E-state index contributed by atoms with van der Waals surface area (Å²) < 4.78 is 0. The highest BCUT2D eigenvalue weighted by Crippen LogP contribution is 2.58. The highest BCUT2D eigenvalue weighted by Gasteiger charge is 2.48. The van der Waals surface area contributed by atoms with Crippen LogP contribution in [-0.2, 0) is 0 Å². The van der Waals surface area contributed by atoms with Gasteiger partial charge in [0.25, 0.3) is 0 Å². The Hall–Kier alpha value is -0.900. The third-order valence-electron chi connectivity index (χ3n) is 7.44. The van der Waals surface area contributed by atoms with E-state index < -0.39 is 17.8 Å². The first-order valence-electron chi connectivity index (χ1n) is 11.3. The van der Waals surface area contributed by atoms with Gasteiger partial charge in [-0.05, 0) is 95.3 Å². The molecule has 0 unspecified atom stereocenters. The van der Waals surface area contributed by atoms with E-state index in [9.17, 15) is 15.3 Å². The van der Waals surface area contributed by atoms with Gasteiger partial charge < -0.3 is 15.3 Å². The van der Waals surface area contributed by atoms with E-state index in [1.165, 1.54) is 37.7 Å². The number of aliphatic hydroxyl groups is 3. The molecule has 0 amide bonds. The Kier molecular flexibility index (Phi) is 6.89. The van der Waals surface area contributed by atoms with E-state index in [0.717, 1.165) is 18.8 Å². The molecule has 0 radical (unpaired) electrons. The van der Waals surface area contributed by atoms with Crippen LogP contribution in [-0.4, -0.2) is 33.1 Å². The molecule has 3 aliphatic rings. The van der Waals surface area contributed by atoms with Gasteiger partial charge in [0.1, 0.15) is 0 Å². The molecule has 0 aromatic carbocycles. The van der Waals surface area contributed by atoms with Gasteiger partial charge in [0, 0.05) is 0 Å². The molecule has 3 fully saturated rings. The maximum atomic E-state index is 9.92. The zero-order valence-electron chi connectivity index (χ0n) is 18.0. The first kappa shape index (κ1) is 21.8. The van der Waals surface area contributed by atoms with Crippen LogP contribution in [0.5, 0.6) is 0 Å². The predicted octanol–water partition coefficient (Wildman–Crippen LogP) is 5.07. The Bertz CT molecular complexity index is 612. The molecule has 158 valence electrons. The summed E-state index contributed by atoms with van der Waals surface area (Å²) in [6.45, 7) is 6.22. The average Bonchev–Trinajstić information content (AvgIpc) is 2.92. The van der Waals surface area contributed by atoms with Crippen LogP contribution in [0.1, 0.15) is 85.0 Å². The fraction of sp³-hybridized carbons (Fsp3) is 0.760. The fourth-order valence-electron chi connectivity index (χ4n) is 5.90. The average molecular weight is 389 g/mol. The van der Waals surface area contributed by atoms with Crippen molar-refractivity contribution in [1.82, 2.24) is 0 Å². The molecule has 0 aromatic rings. The molecule has 0 bridgehead atoms. The topological polar surface area (TPSA) is 60.7 Å². The molecule has 5 atom stereocenters. The van der Waals surface area contributed by atoms with Crippen LogP contribution in [0.25, 0.3) is 0 Å². The van der Waals surface area contributed by atoms with Crippen LogP contribution >= 0.6 is 0 Å². The maximum absolute atomic E-state index is 9.92. The summed E-state index contributed by atoms with van der Waals surface area (Å²) in [5, 5.41) is 29.7. The standard InChI is InChI=1S/C25H40O3/c1-24(2,28)13-5-4-8-20-11-12-23-19(7-6-14-25(20,23)3)10-9-18-15-21(26)17-22(27)16-18/h4-5,9-10,20-23,26-28H,6-8,11-17H2,1-3H3/b5-4+,19-10+/t20-,21+,22+,23-,25+/m0/s1. The minimum atomic E-state index is -0.618. The number of fused-ring (bicyclic) bond motifs is 1. The van der Waals surface area contributed by atoms with Gasteiger partial charge in [-0.15, -0.1) is 0 Å². The Morgan fingerprint density at radius 2 is 1.79 bits per heavy atom. The van der Waals surface area contributed by atoms with Crippen LogP contribution < -0.4 is 0 Å². The second-order valence-corrected chi connectivity index (χ2v) is 10.4. The quantitative estimate of drug-likeness (QED) is 0.576. The van der Waals surface area contributed by atoms with Gasteiger partial charge in [0.15, 0.2) is 0 Å². The van der Waals surface area contributed by atoms with E-state index in [1.54, 1.807) is 5.57 Å². The normalized spacial score (nSPS) is 38.2. The van der Waals surface area contributed by atoms with Crippen molar-refractivity contribution in [3.63, 3.8) is 0 Å². The van der Waals surface area contributed by atoms with E-state index in [-0.39, 0.29) is 0 Å². The highest BCUT2D eigenvalue weighted by atomic mass is 16.3. The molecule has 3 N–H and O–H groups in total. The molecule has 0 heterocycles. The molecule has 3 heteroatoms. The number of rotatable bonds is 5. The minimum absolute atomic E-state index is 0.382. The van der Waals surface area contributed by atoms with Gasteiger partial charge in [-0.25, -0.2) is 0 Å². The second-order valence-electron chi connectivity index (χ2n) is 10.4. The van der Waals surface area contributed by atoms with E-state index in [2.05, 4.69) is 31.2 Å². The van der Waals surface area contributed by atoms with Crippen molar-refractivity contribution in [2.45, 2.75) is 103 Å². The minimum Gasteiger partial charge on any atom is -0.393 e. The molecule has 3 rings (SSSR count). The SMILES string of the molecule is CC(C)(O)C/C=C/C[C@H]1CC[C@H]2/C(=C/C=C3C[C@@H](O)C[C@H](O)C3)CCC[C@]12C. The molecule has 0 spiro atoms. The molecule has 0 saturated heterocycles.